The lowest BCUT2D eigenvalue weighted by molar-refractivity contribution is -0.144. The molecule has 0 bridgehead atoms. The number of hydrogen-bond donors (Lipinski definition) is 9. The minimum atomic E-state index is -1.57. The summed E-state index contributed by atoms with van der Waals surface area (Å²) in [5, 5.41) is 34.9. The van der Waals surface area contributed by atoms with E-state index in [1.807, 2.05) is 0 Å². The molecule has 0 fully saturated rings. The molecule has 0 saturated heterocycles. The Hall–Kier alpha value is -3.46. The molecular weight excluding hydrogens is 466 g/mol. The number of aliphatic carboxylic acids is 2. The second-order valence-electron chi connectivity index (χ2n) is 8.34. The van der Waals surface area contributed by atoms with Crippen molar-refractivity contribution in [2.45, 2.75) is 76.7 Å². The maximum atomic E-state index is 12.8. The molecule has 15 nitrogen and oxygen atoms in total. The van der Waals surface area contributed by atoms with E-state index in [0.717, 1.165) is 0 Å². The van der Waals surface area contributed by atoms with Crippen molar-refractivity contribution in [3.05, 3.63) is 0 Å². The van der Waals surface area contributed by atoms with Crippen molar-refractivity contribution >= 4 is 35.6 Å². The number of aliphatic imine (C=N–C) groups is 1. The van der Waals surface area contributed by atoms with E-state index in [9.17, 15) is 34.2 Å². The first-order chi connectivity index (χ1) is 16.2. The van der Waals surface area contributed by atoms with Crippen molar-refractivity contribution < 1.29 is 39.3 Å². The number of carbonyl (C=O) groups is 5. The van der Waals surface area contributed by atoms with Gasteiger partial charge in [0.2, 0.25) is 17.7 Å². The third-order valence-electron chi connectivity index (χ3n) is 4.88. The van der Waals surface area contributed by atoms with Gasteiger partial charge in [-0.3, -0.25) is 24.2 Å². The van der Waals surface area contributed by atoms with Crippen molar-refractivity contribution in [2.75, 3.05) is 6.54 Å². The Morgan fingerprint density at radius 2 is 1.40 bits per heavy atom. The molecule has 15 heteroatoms. The van der Waals surface area contributed by atoms with Crippen molar-refractivity contribution in [1.29, 1.82) is 0 Å². The van der Waals surface area contributed by atoms with Crippen LogP contribution in [0.15, 0.2) is 4.99 Å². The molecule has 0 rings (SSSR count). The second kappa shape index (κ2) is 15.4. The number of carboxylic acids is 2. The molecule has 0 radical (unpaired) electrons. The van der Waals surface area contributed by atoms with Gasteiger partial charge in [0.25, 0.3) is 0 Å². The molecule has 0 aliphatic carbocycles. The maximum Gasteiger partial charge on any atom is 0.326 e. The van der Waals surface area contributed by atoms with Gasteiger partial charge in [-0.05, 0) is 32.1 Å². The fourth-order valence-electron chi connectivity index (χ4n) is 2.88. The molecule has 0 aromatic rings. The first kappa shape index (κ1) is 31.5. The van der Waals surface area contributed by atoms with E-state index in [-0.39, 0.29) is 18.9 Å². The van der Waals surface area contributed by atoms with Gasteiger partial charge in [-0.15, -0.1) is 0 Å². The van der Waals surface area contributed by atoms with Crippen LogP contribution in [-0.2, 0) is 24.0 Å². The molecule has 12 N–H and O–H groups in total. The Balaban J connectivity index is 5.24. The van der Waals surface area contributed by atoms with Crippen molar-refractivity contribution in [3.63, 3.8) is 0 Å². The fraction of sp³-hybridized carbons (Fsp3) is 0.700. The van der Waals surface area contributed by atoms with Gasteiger partial charge < -0.3 is 48.5 Å². The number of carboxylic acid groups (broad SMARTS) is 2. The van der Waals surface area contributed by atoms with E-state index in [4.69, 9.17) is 22.3 Å². The summed E-state index contributed by atoms with van der Waals surface area (Å²) in [6, 6.07) is -5.20. The highest BCUT2D eigenvalue weighted by Gasteiger charge is 2.33. The number of amides is 3. The normalized spacial score (nSPS) is 15.1. The van der Waals surface area contributed by atoms with Crippen LogP contribution in [0.5, 0.6) is 0 Å². The molecule has 5 unspecified atom stereocenters. The number of hydrogen-bond acceptors (Lipinski definition) is 8. The van der Waals surface area contributed by atoms with Gasteiger partial charge in [0, 0.05) is 13.0 Å². The molecule has 3 amide bonds. The SMILES string of the molecule is CC(C)C(NC(=O)C(N)CCCN=C(N)N)C(=O)NC(C(=O)NC(CCC(=O)O)C(=O)O)C(C)O. The molecule has 35 heavy (non-hydrogen) atoms. The highest BCUT2D eigenvalue weighted by atomic mass is 16.4. The predicted molar refractivity (Wildman–Crippen MR) is 125 cm³/mol. The summed E-state index contributed by atoms with van der Waals surface area (Å²) in [5.41, 5.74) is 16.3. The van der Waals surface area contributed by atoms with Crippen molar-refractivity contribution in [3.8, 4) is 0 Å². The van der Waals surface area contributed by atoms with Gasteiger partial charge in [0.05, 0.1) is 12.1 Å². The van der Waals surface area contributed by atoms with E-state index in [1.54, 1.807) is 13.8 Å². The average Bonchev–Trinajstić information content (AvgIpc) is 2.74. The van der Waals surface area contributed by atoms with E-state index in [1.165, 1.54) is 6.92 Å². The van der Waals surface area contributed by atoms with Crippen LogP contribution in [0.25, 0.3) is 0 Å². The summed E-state index contributed by atoms with van der Waals surface area (Å²) in [6.45, 7) is 4.75. The third kappa shape index (κ3) is 12.5. The van der Waals surface area contributed by atoms with Gasteiger partial charge in [-0.2, -0.15) is 0 Å². The van der Waals surface area contributed by atoms with Crippen LogP contribution in [0.3, 0.4) is 0 Å². The van der Waals surface area contributed by atoms with E-state index >= 15 is 0 Å². The monoisotopic (exact) mass is 503 g/mol. The summed E-state index contributed by atoms with van der Waals surface area (Å²) < 4.78 is 0. The Labute approximate surface area is 202 Å². The third-order valence-corrected chi connectivity index (χ3v) is 4.88. The molecule has 5 atom stereocenters. The molecule has 0 aliphatic heterocycles. The van der Waals surface area contributed by atoms with Crippen LogP contribution in [0.4, 0.5) is 0 Å². The molecule has 0 aliphatic rings. The first-order valence-electron chi connectivity index (χ1n) is 11.0. The lowest BCUT2D eigenvalue weighted by Crippen LogP contribution is -2.60. The molecule has 200 valence electrons. The molecule has 0 saturated carbocycles. The fourth-order valence-corrected chi connectivity index (χ4v) is 2.88. The van der Waals surface area contributed by atoms with Gasteiger partial charge in [0.15, 0.2) is 5.96 Å². The van der Waals surface area contributed by atoms with Gasteiger partial charge in [0.1, 0.15) is 18.1 Å². The number of carbonyl (C=O) groups excluding carboxylic acids is 3. The minimum absolute atomic E-state index is 0.0900. The topological polar surface area (TPSA) is 273 Å². The standard InChI is InChI=1S/C20H37N7O8/c1-9(2)14(26-16(31)11(21)5-4-8-24-20(22)23)17(32)27-15(10(3)28)18(33)25-12(19(34)35)6-7-13(29)30/h9-12,14-15,28H,4-8,21H2,1-3H3,(H,25,33)(H,26,31)(H,27,32)(H,29,30)(H,34,35)(H4,22,23,24). The first-order valence-corrected chi connectivity index (χ1v) is 11.0. The van der Waals surface area contributed by atoms with Crippen molar-refractivity contribution in [1.82, 2.24) is 16.0 Å². The van der Waals surface area contributed by atoms with Crippen molar-refractivity contribution in [2.24, 2.45) is 28.1 Å². The highest BCUT2D eigenvalue weighted by molar-refractivity contribution is 5.94. The predicted octanol–water partition coefficient (Wildman–Crippen LogP) is -3.19. The van der Waals surface area contributed by atoms with E-state index in [2.05, 4.69) is 20.9 Å². The number of rotatable bonds is 16. The molecule has 0 heterocycles. The summed E-state index contributed by atoms with van der Waals surface area (Å²) in [7, 11) is 0. The molecule has 0 aromatic carbocycles. The van der Waals surface area contributed by atoms with Crippen LogP contribution in [0.1, 0.15) is 46.5 Å². The number of nitrogens with zero attached hydrogens (tertiary/aromatic N) is 1. The number of aliphatic hydroxyl groups excluding tert-OH is 1. The Bertz CT molecular complexity index is 783. The zero-order chi connectivity index (χ0) is 27.3. The van der Waals surface area contributed by atoms with Gasteiger partial charge in [-0.1, -0.05) is 13.8 Å². The maximum absolute atomic E-state index is 12.8. The lowest BCUT2D eigenvalue weighted by atomic mass is 10.0. The van der Waals surface area contributed by atoms with E-state index < -0.39 is 78.7 Å². The summed E-state index contributed by atoms with van der Waals surface area (Å²) in [6.07, 6.45) is -1.70. The second-order valence-corrected chi connectivity index (χ2v) is 8.34. The minimum Gasteiger partial charge on any atom is -0.481 e. The zero-order valence-corrected chi connectivity index (χ0v) is 20.1. The summed E-state index contributed by atoms with van der Waals surface area (Å²) >= 11 is 0. The van der Waals surface area contributed by atoms with Crippen LogP contribution in [-0.4, -0.2) is 87.8 Å². The molecule has 0 aromatic heterocycles. The number of aliphatic hydroxyl groups is 1. The lowest BCUT2D eigenvalue weighted by Gasteiger charge is -2.28. The number of nitrogens with one attached hydrogen (secondary N) is 3. The summed E-state index contributed by atoms with van der Waals surface area (Å²) in [4.78, 5) is 63.7. The molecular formula is C20H37N7O8. The highest BCUT2D eigenvalue weighted by Crippen LogP contribution is 2.07. The van der Waals surface area contributed by atoms with E-state index in [0.29, 0.717) is 6.42 Å². The van der Waals surface area contributed by atoms with Gasteiger partial charge >= 0.3 is 11.9 Å². The smallest absolute Gasteiger partial charge is 0.326 e. The van der Waals surface area contributed by atoms with Crippen LogP contribution in [0.2, 0.25) is 0 Å². The molecule has 0 spiro atoms. The average molecular weight is 504 g/mol. The van der Waals surface area contributed by atoms with Gasteiger partial charge in [-0.25, -0.2) is 4.79 Å². The zero-order valence-electron chi connectivity index (χ0n) is 20.1. The summed E-state index contributed by atoms with van der Waals surface area (Å²) in [5.74, 6) is -5.72. The Morgan fingerprint density at radius 3 is 1.86 bits per heavy atom. The Morgan fingerprint density at radius 1 is 0.857 bits per heavy atom. The Kier molecular flexibility index (Phi) is 13.9. The quantitative estimate of drug-likeness (QED) is 0.0574. The number of nitrogens with two attached hydrogens (primary N) is 3. The largest absolute Gasteiger partial charge is 0.481 e. The van der Waals surface area contributed by atoms with Crippen LogP contribution >= 0.6 is 0 Å². The number of guanidine groups is 1. The van der Waals surface area contributed by atoms with Crippen LogP contribution < -0.4 is 33.2 Å². The van der Waals surface area contributed by atoms with Crippen LogP contribution in [0, 0.1) is 5.92 Å².